The highest BCUT2D eigenvalue weighted by molar-refractivity contribution is 5.96. The molecule has 0 aliphatic rings. The molecule has 3 heteroatoms. The van der Waals surface area contributed by atoms with Crippen LogP contribution >= 0.6 is 0 Å². The number of imidazole rings is 1. The lowest BCUT2D eigenvalue weighted by Gasteiger charge is -2.02. The predicted octanol–water partition coefficient (Wildman–Crippen LogP) is 2.54. The fourth-order valence-corrected chi connectivity index (χ4v) is 1.75. The Morgan fingerprint density at radius 1 is 1.29 bits per heavy atom. The van der Waals surface area contributed by atoms with Crippen molar-refractivity contribution in [3.05, 3.63) is 53.6 Å². The Bertz CT molecular complexity index is 511. The van der Waals surface area contributed by atoms with E-state index in [0.717, 1.165) is 11.4 Å². The number of nitrogens with zero attached hydrogens (tertiary/aromatic N) is 2. The van der Waals surface area contributed by atoms with E-state index < -0.39 is 0 Å². The maximum absolute atomic E-state index is 11.9. The number of aryl methyl sites for hydroxylation is 3. The molecule has 0 aliphatic carbocycles. The Morgan fingerprint density at radius 3 is 2.59 bits per heavy atom. The van der Waals surface area contributed by atoms with E-state index in [2.05, 4.69) is 4.98 Å². The zero-order valence-corrected chi connectivity index (χ0v) is 10.2. The first kappa shape index (κ1) is 11.6. The van der Waals surface area contributed by atoms with Crippen molar-refractivity contribution in [3.63, 3.8) is 0 Å². The van der Waals surface area contributed by atoms with Crippen LogP contribution in [-0.4, -0.2) is 15.3 Å². The lowest BCUT2D eigenvalue weighted by Crippen LogP contribution is -2.04. The summed E-state index contributed by atoms with van der Waals surface area (Å²) in [5.74, 6) is 1.12. The first-order valence-electron chi connectivity index (χ1n) is 5.73. The summed E-state index contributed by atoms with van der Waals surface area (Å²) in [5, 5.41) is 0. The number of carbonyl (C=O) groups excluding carboxylic acids is 1. The van der Waals surface area contributed by atoms with E-state index in [0.29, 0.717) is 12.8 Å². The van der Waals surface area contributed by atoms with E-state index in [4.69, 9.17) is 0 Å². The third-order valence-electron chi connectivity index (χ3n) is 2.87. The molecule has 0 fully saturated rings. The molecule has 1 aromatic heterocycles. The summed E-state index contributed by atoms with van der Waals surface area (Å²) < 4.78 is 1.95. The van der Waals surface area contributed by atoms with Gasteiger partial charge in [-0.3, -0.25) is 4.79 Å². The van der Waals surface area contributed by atoms with Crippen LogP contribution < -0.4 is 0 Å². The summed E-state index contributed by atoms with van der Waals surface area (Å²) in [7, 11) is 1.94. The van der Waals surface area contributed by atoms with Crippen molar-refractivity contribution >= 4 is 5.78 Å². The molecule has 2 aromatic rings. The summed E-state index contributed by atoms with van der Waals surface area (Å²) in [5.41, 5.74) is 1.95. The highest BCUT2D eigenvalue weighted by Crippen LogP contribution is 2.08. The predicted molar refractivity (Wildman–Crippen MR) is 67.0 cm³/mol. The number of rotatable bonds is 4. The van der Waals surface area contributed by atoms with Gasteiger partial charge in [0.1, 0.15) is 5.82 Å². The summed E-state index contributed by atoms with van der Waals surface area (Å²) in [6, 6.07) is 7.70. The van der Waals surface area contributed by atoms with Crippen LogP contribution in [0.2, 0.25) is 0 Å². The number of benzene rings is 1. The lowest BCUT2D eigenvalue weighted by atomic mass is 10.1. The monoisotopic (exact) mass is 228 g/mol. The van der Waals surface area contributed by atoms with E-state index in [-0.39, 0.29) is 5.78 Å². The number of carbonyl (C=O) groups is 1. The Hall–Kier alpha value is -1.90. The molecule has 0 bridgehead atoms. The average Bonchev–Trinajstić information content (AvgIpc) is 2.73. The highest BCUT2D eigenvalue weighted by Gasteiger charge is 2.07. The molecule has 0 atom stereocenters. The summed E-state index contributed by atoms with van der Waals surface area (Å²) in [6.07, 6.45) is 4.85. The van der Waals surface area contributed by atoms with Gasteiger partial charge in [-0.25, -0.2) is 4.98 Å². The van der Waals surface area contributed by atoms with Gasteiger partial charge >= 0.3 is 0 Å². The largest absolute Gasteiger partial charge is 0.338 e. The van der Waals surface area contributed by atoms with Crippen molar-refractivity contribution in [1.82, 2.24) is 9.55 Å². The van der Waals surface area contributed by atoms with E-state index >= 15 is 0 Å². The maximum Gasteiger partial charge on any atom is 0.163 e. The lowest BCUT2D eigenvalue weighted by molar-refractivity contribution is 0.0982. The molecule has 0 spiro atoms. The number of Topliss-reactive ketones (excluding diaryl/α,β-unsaturated/α-hetero) is 1. The minimum absolute atomic E-state index is 0.174. The maximum atomic E-state index is 11.9. The van der Waals surface area contributed by atoms with E-state index in [1.807, 2.05) is 49.0 Å². The van der Waals surface area contributed by atoms with Gasteiger partial charge in [-0.05, 0) is 6.92 Å². The van der Waals surface area contributed by atoms with Gasteiger partial charge in [0.2, 0.25) is 0 Å². The third kappa shape index (κ3) is 2.81. The first-order valence-corrected chi connectivity index (χ1v) is 5.73. The van der Waals surface area contributed by atoms with Crippen molar-refractivity contribution in [2.45, 2.75) is 19.8 Å². The Labute approximate surface area is 101 Å². The molecule has 0 N–H and O–H groups in total. The van der Waals surface area contributed by atoms with Crippen LogP contribution in [-0.2, 0) is 13.5 Å². The van der Waals surface area contributed by atoms with Crippen molar-refractivity contribution in [2.75, 3.05) is 0 Å². The van der Waals surface area contributed by atoms with Gasteiger partial charge in [-0.15, -0.1) is 0 Å². The molecule has 17 heavy (non-hydrogen) atoms. The second-order valence-electron chi connectivity index (χ2n) is 4.24. The Kier molecular flexibility index (Phi) is 3.38. The highest BCUT2D eigenvalue weighted by atomic mass is 16.1. The molecule has 1 heterocycles. The smallest absolute Gasteiger partial charge is 0.163 e. The van der Waals surface area contributed by atoms with Crippen LogP contribution in [0.15, 0.2) is 36.7 Å². The van der Waals surface area contributed by atoms with Crippen molar-refractivity contribution in [3.8, 4) is 0 Å². The Morgan fingerprint density at radius 2 is 2.00 bits per heavy atom. The molecule has 0 unspecified atom stereocenters. The molecule has 2 rings (SSSR count). The Balaban J connectivity index is 1.98. The van der Waals surface area contributed by atoms with Crippen molar-refractivity contribution in [2.24, 2.45) is 7.05 Å². The molecular formula is C14H16N2O. The fourth-order valence-electron chi connectivity index (χ4n) is 1.75. The van der Waals surface area contributed by atoms with Crippen molar-refractivity contribution < 1.29 is 4.79 Å². The quantitative estimate of drug-likeness (QED) is 0.754. The molecule has 0 saturated carbocycles. The zero-order valence-electron chi connectivity index (χ0n) is 10.2. The van der Waals surface area contributed by atoms with Gasteiger partial charge in [0.05, 0.1) is 0 Å². The van der Waals surface area contributed by atoms with E-state index in [1.165, 1.54) is 5.56 Å². The van der Waals surface area contributed by atoms with Crippen molar-refractivity contribution in [1.29, 1.82) is 0 Å². The fraction of sp³-hybridized carbons (Fsp3) is 0.286. The van der Waals surface area contributed by atoms with Gasteiger partial charge in [0.25, 0.3) is 0 Å². The van der Waals surface area contributed by atoms with Crippen LogP contribution in [0.25, 0.3) is 0 Å². The summed E-state index contributed by atoms with van der Waals surface area (Å²) in [6.45, 7) is 2.02. The van der Waals surface area contributed by atoms with E-state index in [9.17, 15) is 4.79 Å². The molecule has 1 aromatic carbocycles. The molecule has 0 amide bonds. The second-order valence-corrected chi connectivity index (χ2v) is 4.24. The number of hydrogen-bond acceptors (Lipinski definition) is 2. The number of hydrogen-bond donors (Lipinski definition) is 0. The first-order chi connectivity index (χ1) is 8.16. The second kappa shape index (κ2) is 4.95. The molecular weight excluding hydrogens is 212 g/mol. The van der Waals surface area contributed by atoms with Crippen LogP contribution in [0.1, 0.15) is 28.2 Å². The topological polar surface area (TPSA) is 34.9 Å². The number of ketones is 1. The molecule has 0 saturated heterocycles. The van der Waals surface area contributed by atoms with E-state index in [1.54, 1.807) is 6.20 Å². The van der Waals surface area contributed by atoms with Crippen LogP contribution in [0.4, 0.5) is 0 Å². The molecule has 0 radical (unpaired) electrons. The van der Waals surface area contributed by atoms with Crippen LogP contribution in [0.3, 0.4) is 0 Å². The summed E-state index contributed by atoms with van der Waals surface area (Å²) >= 11 is 0. The third-order valence-corrected chi connectivity index (χ3v) is 2.87. The average molecular weight is 228 g/mol. The number of aromatic nitrogens is 2. The van der Waals surface area contributed by atoms with Crippen LogP contribution in [0.5, 0.6) is 0 Å². The minimum atomic E-state index is 0.174. The molecule has 3 nitrogen and oxygen atoms in total. The SMILES string of the molecule is Cc1ccc(C(=O)CCc2nccn2C)cc1. The van der Waals surface area contributed by atoms with Gasteiger partial charge in [-0.2, -0.15) is 0 Å². The summed E-state index contributed by atoms with van der Waals surface area (Å²) in [4.78, 5) is 16.1. The molecule has 0 aliphatic heterocycles. The molecule has 88 valence electrons. The van der Waals surface area contributed by atoms with Gasteiger partial charge in [0.15, 0.2) is 5.78 Å². The standard InChI is InChI=1S/C14H16N2O/c1-11-3-5-12(6-4-11)13(17)7-8-14-15-9-10-16(14)2/h3-6,9-10H,7-8H2,1-2H3. The zero-order chi connectivity index (χ0) is 12.3. The van der Waals surface area contributed by atoms with Gasteiger partial charge in [0, 0.05) is 37.8 Å². The normalized spacial score (nSPS) is 10.5. The van der Waals surface area contributed by atoms with Crippen LogP contribution in [0, 0.1) is 6.92 Å². The minimum Gasteiger partial charge on any atom is -0.338 e. The van der Waals surface area contributed by atoms with Gasteiger partial charge in [-0.1, -0.05) is 29.8 Å². The van der Waals surface area contributed by atoms with Gasteiger partial charge < -0.3 is 4.57 Å².